The SMILES string of the molecule is CC(C(=O)Nc1cccc(CCCN)c1)C1CC1. The van der Waals surface area contributed by atoms with Crippen molar-refractivity contribution in [1.29, 1.82) is 0 Å². The highest BCUT2D eigenvalue weighted by molar-refractivity contribution is 5.92. The van der Waals surface area contributed by atoms with Gasteiger partial charge in [0.2, 0.25) is 5.91 Å². The van der Waals surface area contributed by atoms with Crippen LogP contribution < -0.4 is 11.1 Å². The Balaban J connectivity index is 1.93. The third kappa shape index (κ3) is 3.57. The molecular weight excluding hydrogens is 224 g/mol. The van der Waals surface area contributed by atoms with Gasteiger partial charge in [-0.05, 0) is 55.8 Å². The average molecular weight is 246 g/mol. The molecule has 0 saturated heterocycles. The molecule has 1 aliphatic rings. The van der Waals surface area contributed by atoms with Gasteiger partial charge >= 0.3 is 0 Å². The van der Waals surface area contributed by atoms with Gasteiger partial charge in [-0.2, -0.15) is 0 Å². The van der Waals surface area contributed by atoms with E-state index in [9.17, 15) is 4.79 Å². The van der Waals surface area contributed by atoms with Crippen LogP contribution in [0.3, 0.4) is 0 Å². The molecule has 1 amide bonds. The summed E-state index contributed by atoms with van der Waals surface area (Å²) in [5.41, 5.74) is 7.64. The largest absolute Gasteiger partial charge is 0.330 e. The van der Waals surface area contributed by atoms with Crippen molar-refractivity contribution in [3.8, 4) is 0 Å². The first-order valence-corrected chi connectivity index (χ1v) is 6.80. The summed E-state index contributed by atoms with van der Waals surface area (Å²) in [6.45, 7) is 2.72. The maximum atomic E-state index is 12.0. The van der Waals surface area contributed by atoms with Crippen molar-refractivity contribution in [1.82, 2.24) is 0 Å². The number of anilines is 1. The van der Waals surface area contributed by atoms with E-state index < -0.39 is 0 Å². The van der Waals surface area contributed by atoms with Gasteiger partial charge in [0.05, 0.1) is 0 Å². The minimum atomic E-state index is 0.137. The van der Waals surface area contributed by atoms with Gasteiger partial charge < -0.3 is 11.1 Å². The Morgan fingerprint density at radius 3 is 2.94 bits per heavy atom. The Kier molecular flexibility index (Phi) is 4.37. The molecule has 0 spiro atoms. The van der Waals surface area contributed by atoms with Crippen molar-refractivity contribution >= 4 is 11.6 Å². The summed E-state index contributed by atoms with van der Waals surface area (Å²) in [6.07, 6.45) is 4.35. The molecule has 1 aromatic rings. The Morgan fingerprint density at radius 2 is 2.28 bits per heavy atom. The van der Waals surface area contributed by atoms with E-state index in [1.165, 1.54) is 18.4 Å². The molecule has 18 heavy (non-hydrogen) atoms. The van der Waals surface area contributed by atoms with E-state index in [2.05, 4.69) is 11.4 Å². The highest BCUT2D eigenvalue weighted by Crippen LogP contribution is 2.37. The molecule has 0 heterocycles. The van der Waals surface area contributed by atoms with Crippen LogP contribution in [0.15, 0.2) is 24.3 Å². The monoisotopic (exact) mass is 246 g/mol. The maximum Gasteiger partial charge on any atom is 0.227 e. The highest BCUT2D eigenvalue weighted by Gasteiger charge is 2.32. The summed E-state index contributed by atoms with van der Waals surface area (Å²) in [5, 5.41) is 3.01. The lowest BCUT2D eigenvalue weighted by Crippen LogP contribution is -2.21. The zero-order chi connectivity index (χ0) is 13.0. The first-order chi connectivity index (χ1) is 8.70. The maximum absolute atomic E-state index is 12.0. The summed E-state index contributed by atoms with van der Waals surface area (Å²) < 4.78 is 0. The van der Waals surface area contributed by atoms with Crippen LogP contribution in [0.1, 0.15) is 31.7 Å². The van der Waals surface area contributed by atoms with Crippen LogP contribution in [0.4, 0.5) is 5.69 Å². The molecule has 1 unspecified atom stereocenters. The van der Waals surface area contributed by atoms with Gasteiger partial charge in [-0.25, -0.2) is 0 Å². The van der Waals surface area contributed by atoms with Crippen LogP contribution in [-0.2, 0) is 11.2 Å². The molecule has 1 aliphatic carbocycles. The van der Waals surface area contributed by atoms with E-state index >= 15 is 0 Å². The highest BCUT2D eigenvalue weighted by atomic mass is 16.1. The number of aryl methyl sites for hydroxylation is 1. The number of hydrogen-bond acceptors (Lipinski definition) is 2. The van der Waals surface area contributed by atoms with E-state index in [-0.39, 0.29) is 11.8 Å². The van der Waals surface area contributed by atoms with E-state index in [0.29, 0.717) is 12.5 Å². The van der Waals surface area contributed by atoms with Gasteiger partial charge in [-0.1, -0.05) is 19.1 Å². The molecule has 0 aromatic heterocycles. The minimum Gasteiger partial charge on any atom is -0.330 e. The standard InChI is InChI=1S/C15H22N2O/c1-11(13-7-8-13)15(18)17-14-6-2-4-12(10-14)5-3-9-16/h2,4,6,10-11,13H,3,5,7-9,16H2,1H3,(H,17,18). The van der Waals surface area contributed by atoms with Crippen molar-refractivity contribution in [3.05, 3.63) is 29.8 Å². The second-order valence-electron chi connectivity index (χ2n) is 5.21. The first-order valence-electron chi connectivity index (χ1n) is 6.80. The zero-order valence-electron chi connectivity index (χ0n) is 11.0. The third-order valence-electron chi connectivity index (χ3n) is 3.61. The summed E-state index contributed by atoms with van der Waals surface area (Å²) in [7, 11) is 0. The quantitative estimate of drug-likeness (QED) is 0.810. The number of carbonyl (C=O) groups is 1. The van der Waals surface area contributed by atoms with Gasteiger partial charge in [0.1, 0.15) is 0 Å². The van der Waals surface area contributed by atoms with Crippen molar-refractivity contribution in [2.24, 2.45) is 17.6 Å². The fourth-order valence-corrected chi connectivity index (χ4v) is 2.18. The van der Waals surface area contributed by atoms with Gasteiger partial charge in [0.25, 0.3) is 0 Å². The second kappa shape index (κ2) is 6.01. The van der Waals surface area contributed by atoms with Crippen LogP contribution >= 0.6 is 0 Å². The molecular formula is C15H22N2O. The van der Waals surface area contributed by atoms with E-state index in [0.717, 1.165) is 18.5 Å². The molecule has 98 valence electrons. The van der Waals surface area contributed by atoms with Crippen molar-refractivity contribution in [3.63, 3.8) is 0 Å². The average Bonchev–Trinajstić information content (AvgIpc) is 3.20. The van der Waals surface area contributed by atoms with Crippen molar-refractivity contribution in [2.75, 3.05) is 11.9 Å². The predicted octanol–water partition coefficient (Wildman–Crippen LogP) is 2.56. The second-order valence-corrected chi connectivity index (χ2v) is 5.21. The van der Waals surface area contributed by atoms with E-state index in [4.69, 9.17) is 5.73 Å². The third-order valence-corrected chi connectivity index (χ3v) is 3.61. The van der Waals surface area contributed by atoms with E-state index in [1.807, 2.05) is 25.1 Å². The molecule has 0 aliphatic heterocycles. The molecule has 0 bridgehead atoms. The number of amides is 1. The van der Waals surface area contributed by atoms with Crippen molar-refractivity contribution in [2.45, 2.75) is 32.6 Å². The van der Waals surface area contributed by atoms with Crippen LogP contribution in [0.25, 0.3) is 0 Å². The molecule has 3 heteroatoms. The zero-order valence-corrected chi connectivity index (χ0v) is 11.0. The molecule has 1 atom stereocenters. The molecule has 3 N–H and O–H groups in total. The minimum absolute atomic E-state index is 0.137. The Hall–Kier alpha value is -1.35. The van der Waals surface area contributed by atoms with Crippen LogP contribution in [0, 0.1) is 11.8 Å². The Morgan fingerprint density at radius 1 is 1.50 bits per heavy atom. The fourth-order valence-electron chi connectivity index (χ4n) is 2.18. The normalized spacial score (nSPS) is 16.3. The first kappa shape index (κ1) is 13.1. The summed E-state index contributed by atoms with van der Waals surface area (Å²) in [6, 6.07) is 8.07. The summed E-state index contributed by atoms with van der Waals surface area (Å²) in [4.78, 5) is 12.0. The lowest BCUT2D eigenvalue weighted by molar-refractivity contribution is -0.119. The molecule has 1 aromatic carbocycles. The summed E-state index contributed by atoms with van der Waals surface area (Å²) in [5.74, 6) is 0.886. The van der Waals surface area contributed by atoms with Crippen LogP contribution in [0.5, 0.6) is 0 Å². The number of nitrogens with two attached hydrogens (primary N) is 1. The molecule has 3 nitrogen and oxygen atoms in total. The van der Waals surface area contributed by atoms with Crippen molar-refractivity contribution < 1.29 is 4.79 Å². The van der Waals surface area contributed by atoms with Gasteiger partial charge in [-0.3, -0.25) is 4.79 Å². The Labute approximate surface area is 109 Å². The Bertz CT molecular complexity index is 413. The fraction of sp³-hybridized carbons (Fsp3) is 0.533. The molecule has 1 fully saturated rings. The number of hydrogen-bond donors (Lipinski definition) is 2. The lowest BCUT2D eigenvalue weighted by Gasteiger charge is -2.12. The topological polar surface area (TPSA) is 55.1 Å². The molecule has 0 radical (unpaired) electrons. The predicted molar refractivity (Wildman–Crippen MR) is 74.3 cm³/mol. The van der Waals surface area contributed by atoms with Gasteiger partial charge in [0.15, 0.2) is 0 Å². The van der Waals surface area contributed by atoms with Crippen LogP contribution in [-0.4, -0.2) is 12.5 Å². The van der Waals surface area contributed by atoms with Gasteiger partial charge in [0, 0.05) is 11.6 Å². The molecule has 1 saturated carbocycles. The van der Waals surface area contributed by atoms with Gasteiger partial charge in [-0.15, -0.1) is 0 Å². The summed E-state index contributed by atoms with van der Waals surface area (Å²) >= 11 is 0. The lowest BCUT2D eigenvalue weighted by atomic mass is 10.1. The molecule has 2 rings (SSSR count). The smallest absolute Gasteiger partial charge is 0.227 e. The number of carbonyl (C=O) groups excluding carboxylic acids is 1. The number of benzene rings is 1. The number of nitrogens with one attached hydrogen (secondary N) is 1. The number of rotatable bonds is 6. The van der Waals surface area contributed by atoms with Crippen LogP contribution in [0.2, 0.25) is 0 Å². The van der Waals surface area contributed by atoms with E-state index in [1.54, 1.807) is 0 Å².